The van der Waals surface area contributed by atoms with E-state index in [1.807, 2.05) is 11.8 Å². The lowest BCUT2D eigenvalue weighted by Gasteiger charge is -2.15. The number of hydrogen-bond acceptors (Lipinski definition) is 3. The Labute approximate surface area is 127 Å². The standard InChI is InChI=1S/C17H27NOS/c1-13(2)9-14-3-5-16(6-4-14)17(19)11-18-10-15-7-8-20-12-15/h3-6,13,15,17-19H,7-12H2,1-2H3. The average Bonchev–Trinajstić information content (AvgIpc) is 2.92. The van der Waals surface area contributed by atoms with Gasteiger partial charge in [-0.15, -0.1) is 0 Å². The Balaban J connectivity index is 1.75. The molecule has 2 nitrogen and oxygen atoms in total. The summed E-state index contributed by atoms with van der Waals surface area (Å²) in [5, 5.41) is 13.6. The molecule has 20 heavy (non-hydrogen) atoms. The summed E-state index contributed by atoms with van der Waals surface area (Å²) in [6, 6.07) is 8.42. The van der Waals surface area contributed by atoms with Gasteiger partial charge in [0.05, 0.1) is 6.10 Å². The molecule has 1 aromatic rings. The number of aliphatic hydroxyl groups is 1. The first-order valence-corrected chi connectivity index (χ1v) is 8.86. The van der Waals surface area contributed by atoms with Crippen LogP contribution in [0.2, 0.25) is 0 Å². The van der Waals surface area contributed by atoms with Crippen LogP contribution < -0.4 is 5.32 Å². The highest BCUT2D eigenvalue weighted by Gasteiger charge is 2.15. The molecule has 0 radical (unpaired) electrons. The molecule has 1 fully saturated rings. The first kappa shape index (κ1) is 15.9. The Bertz CT molecular complexity index is 384. The van der Waals surface area contributed by atoms with Gasteiger partial charge in [-0.2, -0.15) is 11.8 Å². The maximum absolute atomic E-state index is 10.2. The van der Waals surface area contributed by atoms with Crippen LogP contribution in [0.1, 0.15) is 37.5 Å². The molecule has 2 rings (SSSR count). The molecule has 0 spiro atoms. The maximum atomic E-state index is 10.2. The maximum Gasteiger partial charge on any atom is 0.0914 e. The van der Waals surface area contributed by atoms with Gasteiger partial charge in [-0.25, -0.2) is 0 Å². The zero-order valence-corrected chi connectivity index (χ0v) is 13.5. The fraction of sp³-hybridized carbons (Fsp3) is 0.647. The summed E-state index contributed by atoms with van der Waals surface area (Å²) in [6.07, 6.45) is 2.03. The van der Waals surface area contributed by atoms with Crippen molar-refractivity contribution in [1.82, 2.24) is 5.32 Å². The first-order chi connectivity index (χ1) is 9.65. The Kier molecular flexibility index (Phi) is 6.40. The van der Waals surface area contributed by atoms with Crippen molar-refractivity contribution in [3.63, 3.8) is 0 Å². The van der Waals surface area contributed by atoms with Crippen LogP contribution in [-0.4, -0.2) is 29.7 Å². The number of nitrogens with one attached hydrogen (secondary N) is 1. The SMILES string of the molecule is CC(C)Cc1ccc(C(O)CNCC2CCSC2)cc1. The monoisotopic (exact) mass is 293 g/mol. The van der Waals surface area contributed by atoms with Gasteiger partial charge in [-0.1, -0.05) is 38.1 Å². The second-order valence-corrected chi connectivity index (χ2v) is 7.39. The van der Waals surface area contributed by atoms with Crippen molar-refractivity contribution in [3.8, 4) is 0 Å². The van der Waals surface area contributed by atoms with Crippen LogP contribution in [0.3, 0.4) is 0 Å². The van der Waals surface area contributed by atoms with Crippen molar-refractivity contribution in [3.05, 3.63) is 35.4 Å². The number of aliphatic hydroxyl groups excluding tert-OH is 1. The van der Waals surface area contributed by atoms with Crippen LogP contribution in [0.5, 0.6) is 0 Å². The van der Waals surface area contributed by atoms with Gasteiger partial charge >= 0.3 is 0 Å². The molecule has 3 heteroatoms. The summed E-state index contributed by atoms with van der Waals surface area (Å²) in [5.74, 6) is 4.04. The van der Waals surface area contributed by atoms with Crippen molar-refractivity contribution in [2.45, 2.75) is 32.8 Å². The average molecular weight is 293 g/mol. The van der Waals surface area contributed by atoms with Gasteiger partial charge < -0.3 is 10.4 Å². The van der Waals surface area contributed by atoms with E-state index in [0.29, 0.717) is 12.5 Å². The third kappa shape index (κ3) is 5.12. The number of rotatable bonds is 7. The molecule has 2 atom stereocenters. The Morgan fingerprint density at radius 2 is 2.05 bits per heavy atom. The molecule has 1 heterocycles. The smallest absolute Gasteiger partial charge is 0.0914 e. The van der Waals surface area contributed by atoms with Crippen molar-refractivity contribution in [2.24, 2.45) is 11.8 Å². The number of benzene rings is 1. The lowest BCUT2D eigenvalue weighted by Crippen LogP contribution is -2.27. The molecule has 0 bridgehead atoms. The fourth-order valence-electron chi connectivity index (χ4n) is 2.63. The van der Waals surface area contributed by atoms with Crippen molar-refractivity contribution in [2.75, 3.05) is 24.6 Å². The highest BCUT2D eigenvalue weighted by atomic mass is 32.2. The molecule has 1 aliphatic rings. The number of thioether (sulfide) groups is 1. The molecule has 2 N–H and O–H groups in total. The quantitative estimate of drug-likeness (QED) is 0.809. The van der Waals surface area contributed by atoms with E-state index >= 15 is 0 Å². The normalized spacial score (nSPS) is 20.5. The second kappa shape index (κ2) is 8.06. The molecule has 1 aliphatic heterocycles. The van der Waals surface area contributed by atoms with E-state index in [9.17, 15) is 5.11 Å². The lowest BCUT2D eigenvalue weighted by molar-refractivity contribution is 0.173. The molecular formula is C17H27NOS. The molecule has 2 unspecified atom stereocenters. The van der Waals surface area contributed by atoms with Crippen LogP contribution in [0.4, 0.5) is 0 Å². The Morgan fingerprint density at radius 1 is 1.30 bits per heavy atom. The molecule has 112 valence electrons. The van der Waals surface area contributed by atoms with Gasteiger partial charge in [0, 0.05) is 6.54 Å². The topological polar surface area (TPSA) is 32.3 Å². The van der Waals surface area contributed by atoms with Gasteiger partial charge in [-0.3, -0.25) is 0 Å². The highest BCUT2D eigenvalue weighted by Crippen LogP contribution is 2.22. The van der Waals surface area contributed by atoms with Gasteiger partial charge in [0.15, 0.2) is 0 Å². The van der Waals surface area contributed by atoms with Crippen LogP contribution in [0.15, 0.2) is 24.3 Å². The second-order valence-electron chi connectivity index (χ2n) is 6.24. The van der Waals surface area contributed by atoms with E-state index in [0.717, 1.165) is 24.4 Å². The molecular weight excluding hydrogens is 266 g/mol. The zero-order chi connectivity index (χ0) is 14.4. The van der Waals surface area contributed by atoms with E-state index in [1.54, 1.807) is 0 Å². The predicted molar refractivity (Wildman–Crippen MR) is 88.2 cm³/mol. The minimum atomic E-state index is -0.392. The molecule has 0 saturated carbocycles. The molecule has 0 amide bonds. The van der Waals surface area contributed by atoms with Crippen LogP contribution in [0.25, 0.3) is 0 Å². The third-order valence-corrected chi connectivity index (χ3v) is 5.03. The largest absolute Gasteiger partial charge is 0.387 e. The van der Waals surface area contributed by atoms with E-state index in [2.05, 4.69) is 43.4 Å². The highest BCUT2D eigenvalue weighted by molar-refractivity contribution is 7.99. The molecule has 1 saturated heterocycles. The third-order valence-electron chi connectivity index (χ3n) is 3.80. The minimum Gasteiger partial charge on any atom is -0.387 e. The van der Waals surface area contributed by atoms with E-state index in [4.69, 9.17) is 0 Å². The minimum absolute atomic E-state index is 0.392. The first-order valence-electron chi connectivity index (χ1n) is 7.70. The van der Waals surface area contributed by atoms with Gasteiger partial charge in [-0.05, 0) is 53.9 Å². The Morgan fingerprint density at radius 3 is 2.65 bits per heavy atom. The molecule has 0 aliphatic carbocycles. The molecule has 1 aromatic carbocycles. The van der Waals surface area contributed by atoms with E-state index in [-0.39, 0.29) is 0 Å². The van der Waals surface area contributed by atoms with E-state index in [1.165, 1.54) is 23.5 Å². The van der Waals surface area contributed by atoms with Gasteiger partial charge in [0.25, 0.3) is 0 Å². The molecule has 0 aromatic heterocycles. The summed E-state index contributed by atoms with van der Waals surface area (Å²) in [4.78, 5) is 0. The Hall–Kier alpha value is -0.510. The summed E-state index contributed by atoms with van der Waals surface area (Å²) in [7, 11) is 0. The lowest BCUT2D eigenvalue weighted by atomic mass is 10.00. The summed E-state index contributed by atoms with van der Waals surface area (Å²) in [6.45, 7) is 6.15. The van der Waals surface area contributed by atoms with Gasteiger partial charge in [0.2, 0.25) is 0 Å². The fourth-order valence-corrected chi connectivity index (χ4v) is 3.92. The number of hydrogen-bond donors (Lipinski definition) is 2. The predicted octanol–water partition coefficient (Wildman–Crippen LogP) is 3.26. The van der Waals surface area contributed by atoms with E-state index < -0.39 is 6.10 Å². The van der Waals surface area contributed by atoms with Crippen LogP contribution in [-0.2, 0) is 6.42 Å². The van der Waals surface area contributed by atoms with Crippen LogP contribution >= 0.6 is 11.8 Å². The zero-order valence-electron chi connectivity index (χ0n) is 12.6. The van der Waals surface area contributed by atoms with Crippen molar-refractivity contribution >= 4 is 11.8 Å². The summed E-state index contributed by atoms with van der Waals surface area (Å²) >= 11 is 2.04. The van der Waals surface area contributed by atoms with Crippen LogP contribution in [0, 0.1) is 11.8 Å². The summed E-state index contributed by atoms with van der Waals surface area (Å²) < 4.78 is 0. The summed E-state index contributed by atoms with van der Waals surface area (Å²) in [5.41, 5.74) is 2.37. The van der Waals surface area contributed by atoms with Crippen molar-refractivity contribution < 1.29 is 5.11 Å². The van der Waals surface area contributed by atoms with Crippen molar-refractivity contribution in [1.29, 1.82) is 0 Å². The van der Waals surface area contributed by atoms with Gasteiger partial charge in [0.1, 0.15) is 0 Å².